The van der Waals surface area contributed by atoms with Crippen molar-refractivity contribution in [3.05, 3.63) is 106 Å². The molecule has 4 heteroatoms. The number of carbonyl (C=O) groups excluding carboxylic acids is 1. The minimum atomic E-state index is -2.22. The molecule has 3 rings (SSSR count). The highest BCUT2D eigenvalue weighted by molar-refractivity contribution is 6.17. The van der Waals surface area contributed by atoms with Crippen LogP contribution in [-0.2, 0) is 17.1 Å². The standard InChI is InChI=1S/C9H10O2.C8H9Cl.C8H10O/c1-7-4-3-5-8(6-7)9(10)11-2;2*1-7-3-2-4-8(5-7)6-9/h3-6H,1-2H3;2-5H,6H2,1H3;2-5,9H,6H2,1H3/i;2*6D2. The zero-order valence-corrected chi connectivity index (χ0v) is 17.8. The van der Waals surface area contributed by atoms with E-state index in [0.29, 0.717) is 16.7 Å². The number of alkyl halides is 1. The average molecular weight is 417 g/mol. The van der Waals surface area contributed by atoms with Crippen molar-refractivity contribution in [1.82, 2.24) is 0 Å². The monoisotopic (exact) mass is 416 g/mol. The predicted molar refractivity (Wildman–Crippen MR) is 120 cm³/mol. The summed E-state index contributed by atoms with van der Waals surface area (Å²) in [5.74, 6) is -2.03. The smallest absolute Gasteiger partial charge is 0.337 e. The lowest BCUT2D eigenvalue weighted by Gasteiger charge is -1.98. The molecule has 3 aromatic carbocycles. The van der Waals surface area contributed by atoms with Crippen molar-refractivity contribution in [3.63, 3.8) is 0 Å². The number of benzene rings is 3. The van der Waals surface area contributed by atoms with E-state index in [1.54, 1.807) is 48.5 Å². The van der Waals surface area contributed by atoms with Crippen LogP contribution in [0.2, 0.25) is 0 Å². The molecule has 0 aliphatic rings. The molecule has 3 aromatic rings. The number of halogens is 1. The number of carbonyl (C=O) groups is 1. The lowest BCUT2D eigenvalue weighted by Crippen LogP contribution is -2.00. The summed E-state index contributed by atoms with van der Waals surface area (Å²) < 4.78 is 32.9. The van der Waals surface area contributed by atoms with Gasteiger partial charge < -0.3 is 9.84 Å². The molecular weight excluding hydrogens is 384 g/mol. The Kier molecular flexibility index (Phi) is 8.60. The predicted octanol–water partition coefficient (Wildman–Crippen LogP) is 6.00. The second kappa shape index (κ2) is 13.5. The number of rotatable bonds is 3. The van der Waals surface area contributed by atoms with E-state index in [9.17, 15) is 4.79 Å². The van der Waals surface area contributed by atoms with E-state index in [0.717, 1.165) is 16.7 Å². The fraction of sp³-hybridized carbons (Fsp3) is 0.240. The van der Waals surface area contributed by atoms with Crippen molar-refractivity contribution in [2.24, 2.45) is 0 Å². The molecule has 3 nitrogen and oxygen atoms in total. The lowest BCUT2D eigenvalue weighted by atomic mass is 10.1. The first-order valence-electron chi connectivity index (χ1n) is 10.9. The van der Waals surface area contributed by atoms with Gasteiger partial charge in [0, 0.05) is 8.57 Å². The van der Waals surface area contributed by atoms with Gasteiger partial charge in [0.2, 0.25) is 0 Å². The molecule has 0 bridgehead atoms. The van der Waals surface area contributed by atoms with E-state index in [1.165, 1.54) is 7.11 Å². The molecule has 0 heterocycles. The molecular formula is C25H29ClO3. The molecule has 0 spiro atoms. The van der Waals surface area contributed by atoms with Crippen LogP contribution >= 0.6 is 11.6 Å². The van der Waals surface area contributed by atoms with Gasteiger partial charge in [-0.2, -0.15) is 0 Å². The van der Waals surface area contributed by atoms with E-state index in [1.807, 2.05) is 45.0 Å². The van der Waals surface area contributed by atoms with E-state index < -0.39 is 12.4 Å². The zero-order chi connectivity index (χ0) is 25.2. The van der Waals surface area contributed by atoms with Gasteiger partial charge in [0.25, 0.3) is 0 Å². The molecule has 0 unspecified atom stereocenters. The summed E-state index contributed by atoms with van der Waals surface area (Å²) >= 11 is 5.46. The van der Waals surface area contributed by atoms with Gasteiger partial charge in [-0.15, -0.1) is 11.6 Å². The first-order chi connectivity index (χ1) is 15.2. The highest BCUT2D eigenvalue weighted by Gasteiger charge is 2.02. The van der Waals surface area contributed by atoms with Gasteiger partial charge in [0.05, 0.1) is 22.0 Å². The van der Waals surface area contributed by atoms with Gasteiger partial charge in [-0.25, -0.2) is 4.79 Å². The number of hydrogen-bond donors (Lipinski definition) is 1. The number of hydrogen-bond acceptors (Lipinski definition) is 3. The number of methoxy groups -OCH3 is 1. The van der Waals surface area contributed by atoms with Crippen LogP contribution in [0.3, 0.4) is 0 Å². The Balaban J connectivity index is 0.000000247. The van der Waals surface area contributed by atoms with Crippen LogP contribution in [0.25, 0.3) is 0 Å². The Morgan fingerprint density at radius 2 is 1.38 bits per heavy atom. The van der Waals surface area contributed by atoms with Crippen molar-refractivity contribution in [2.45, 2.75) is 33.2 Å². The first-order valence-corrected chi connectivity index (χ1v) is 9.32. The summed E-state index contributed by atoms with van der Waals surface area (Å²) in [5.41, 5.74) is 4.45. The Bertz CT molecular complexity index is 989. The van der Waals surface area contributed by atoms with Crippen LogP contribution in [0.5, 0.6) is 0 Å². The Morgan fingerprint density at radius 1 is 0.897 bits per heavy atom. The van der Waals surface area contributed by atoms with Crippen LogP contribution in [0.4, 0.5) is 0 Å². The largest absolute Gasteiger partial charge is 0.465 e. The fourth-order valence-corrected chi connectivity index (χ4v) is 2.43. The van der Waals surface area contributed by atoms with Crippen molar-refractivity contribution in [3.8, 4) is 0 Å². The molecule has 0 saturated heterocycles. The molecule has 0 aliphatic heterocycles. The molecule has 1 N–H and O–H groups in total. The van der Waals surface area contributed by atoms with Crippen LogP contribution in [0.1, 0.15) is 43.7 Å². The average Bonchev–Trinajstić information content (AvgIpc) is 2.73. The SMILES string of the molecule is COC(=O)c1cccc(C)c1.[2H]C([2H])(Cl)c1cccc(C)c1.[2H]C([2H])(O)c1cccc(C)c1. The number of aliphatic hydroxyl groups is 1. The molecule has 0 aromatic heterocycles. The Morgan fingerprint density at radius 3 is 1.76 bits per heavy atom. The van der Waals surface area contributed by atoms with Crippen molar-refractivity contribution in [1.29, 1.82) is 0 Å². The fourth-order valence-electron chi connectivity index (χ4n) is 2.31. The van der Waals surface area contributed by atoms with Gasteiger partial charge in [0.15, 0.2) is 0 Å². The normalized spacial score (nSPS) is 12.5. The number of esters is 1. The molecule has 29 heavy (non-hydrogen) atoms. The molecule has 0 amide bonds. The summed E-state index contributed by atoms with van der Waals surface area (Å²) in [6.45, 7) is 3.49. The molecule has 154 valence electrons. The third-order valence-corrected chi connectivity index (χ3v) is 3.93. The van der Waals surface area contributed by atoms with Crippen LogP contribution in [-0.4, -0.2) is 18.2 Å². The Labute approximate surface area is 184 Å². The third-order valence-electron chi connectivity index (χ3n) is 3.71. The third kappa shape index (κ3) is 9.93. The topological polar surface area (TPSA) is 46.5 Å². The molecule has 0 aliphatic carbocycles. The zero-order valence-electron chi connectivity index (χ0n) is 21.1. The van der Waals surface area contributed by atoms with Crippen molar-refractivity contribution < 1.29 is 20.1 Å². The highest BCUT2D eigenvalue weighted by Crippen LogP contribution is 2.06. The molecule has 0 saturated carbocycles. The van der Waals surface area contributed by atoms with Gasteiger partial charge in [-0.05, 0) is 44.0 Å². The summed E-state index contributed by atoms with van der Waals surface area (Å²) in [4.78, 5) is 10.9. The van der Waals surface area contributed by atoms with E-state index >= 15 is 0 Å². The van der Waals surface area contributed by atoms with E-state index in [2.05, 4.69) is 4.74 Å². The Hall–Kier alpha value is -2.62. The molecule has 0 atom stereocenters. The van der Waals surface area contributed by atoms with E-state index in [4.69, 9.17) is 22.2 Å². The van der Waals surface area contributed by atoms with Crippen molar-refractivity contribution >= 4 is 17.6 Å². The molecule has 0 fully saturated rings. The summed E-state index contributed by atoms with van der Waals surface area (Å²) in [5, 5.41) is 8.95. The maximum absolute atomic E-state index is 10.9. The number of aryl methyl sites for hydroxylation is 3. The highest BCUT2D eigenvalue weighted by atomic mass is 35.5. The second-order valence-electron chi connectivity index (χ2n) is 6.31. The van der Waals surface area contributed by atoms with Crippen molar-refractivity contribution in [2.75, 3.05) is 7.11 Å². The van der Waals surface area contributed by atoms with E-state index in [-0.39, 0.29) is 5.97 Å². The summed E-state index contributed by atoms with van der Waals surface area (Å²) in [7, 11) is 1.38. The van der Waals surface area contributed by atoms with Gasteiger partial charge in [-0.3, -0.25) is 0 Å². The summed E-state index contributed by atoms with van der Waals surface area (Å²) in [6.07, 6.45) is 0. The maximum atomic E-state index is 10.9. The quantitative estimate of drug-likeness (QED) is 0.420. The van der Waals surface area contributed by atoms with Gasteiger partial charge >= 0.3 is 5.97 Å². The minimum Gasteiger partial charge on any atom is -0.465 e. The molecule has 0 radical (unpaired) electrons. The lowest BCUT2D eigenvalue weighted by molar-refractivity contribution is 0.0600. The second-order valence-corrected chi connectivity index (χ2v) is 6.50. The minimum absolute atomic E-state index is 0.284. The van der Waals surface area contributed by atoms with Gasteiger partial charge in [-0.1, -0.05) is 77.4 Å². The van der Waals surface area contributed by atoms with Crippen LogP contribution < -0.4 is 0 Å². The maximum Gasteiger partial charge on any atom is 0.337 e. The van der Waals surface area contributed by atoms with Gasteiger partial charge in [0.1, 0.15) is 0 Å². The summed E-state index contributed by atoms with van der Waals surface area (Å²) in [6, 6.07) is 21.2. The van der Waals surface area contributed by atoms with Crippen LogP contribution in [0.15, 0.2) is 72.8 Å². The first kappa shape index (κ1) is 18.4. The number of ether oxygens (including phenoxy) is 1. The van der Waals surface area contributed by atoms with Crippen LogP contribution in [0, 0.1) is 20.8 Å².